The number of rotatable bonds is 7. The summed E-state index contributed by atoms with van der Waals surface area (Å²) in [5, 5.41) is 13.6. The van der Waals surface area contributed by atoms with Gasteiger partial charge in [0, 0.05) is 31.6 Å². The van der Waals surface area contributed by atoms with Crippen molar-refractivity contribution >= 4 is 23.5 Å². The summed E-state index contributed by atoms with van der Waals surface area (Å²) in [6.45, 7) is 1.19. The van der Waals surface area contributed by atoms with Gasteiger partial charge in [0.15, 0.2) is 6.61 Å². The number of hydrogen-bond donors (Lipinski definition) is 3. The zero-order valence-electron chi connectivity index (χ0n) is 11.0. The summed E-state index contributed by atoms with van der Waals surface area (Å²) in [5.41, 5.74) is 0.501. The van der Waals surface area contributed by atoms with Crippen LogP contribution in [0.5, 0.6) is 5.75 Å². The van der Waals surface area contributed by atoms with Gasteiger partial charge in [-0.05, 0) is 12.1 Å². The van der Waals surface area contributed by atoms with E-state index in [0.29, 0.717) is 11.4 Å². The van der Waals surface area contributed by atoms with Crippen LogP contribution >= 0.6 is 0 Å². The number of carbonyl (C=O) groups excluding carboxylic acids is 2. The minimum atomic E-state index is -1.07. The second-order valence-electron chi connectivity index (χ2n) is 3.99. The van der Waals surface area contributed by atoms with Crippen molar-refractivity contribution < 1.29 is 24.2 Å². The summed E-state index contributed by atoms with van der Waals surface area (Å²) in [6.07, 6.45) is 0.153. The molecule has 0 bridgehead atoms. The standard InChI is InChI=1S/C13H16N2O5/c1-9(16)14-6-5-12(17)15-10-3-2-4-11(7-10)20-8-13(18)19/h2-4,7H,5-6,8H2,1H3,(H,14,16)(H,15,17)(H,18,19). The topological polar surface area (TPSA) is 105 Å². The highest BCUT2D eigenvalue weighted by atomic mass is 16.5. The van der Waals surface area contributed by atoms with Crippen molar-refractivity contribution in [2.45, 2.75) is 13.3 Å². The van der Waals surface area contributed by atoms with Crippen LogP contribution in [0.3, 0.4) is 0 Å². The molecule has 1 aromatic carbocycles. The molecule has 0 aliphatic carbocycles. The number of nitrogens with one attached hydrogen (secondary N) is 2. The van der Waals surface area contributed by atoms with E-state index in [2.05, 4.69) is 10.6 Å². The number of ether oxygens (including phenoxy) is 1. The van der Waals surface area contributed by atoms with Gasteiger partial charge in [-0.2, -0.15) is 0 Å². The molecule has 0 saturated carbocycles. The molecule has 1 rings (SSSR count). The van der Waals surface area contributed by atoms with Gasteiger partial charge in [0.25, 0.3) is 0 Å². The van der Waals surface area contributed by atoms with E-state index in [1.807, 2.05) is 0 Å². The van der Waals surface area contributed by atoms with Crippen molar-refractivity contribution in [2.24, 2.45) is 0 Å². The molecule has 0 aromatic heterocycles. The molecule has 0 unspecified atom stereocenters. The summed E-state index contributed by atoms with van der Waals surface area (Å²) in [5.74, 6) is -1.17. The second kappa shape index (κ2) is 7.78. The summed E-state index contributed by atoms with van der Waals surface area (Å²) in [7, 11) is 0. The SMILES string of the molecule is CC(=O)NCCC(=O)Nc1cccc(OCC(=O)O)c1. The Morgan fingerprint density at radius 2 is 2.05 bits per heavy atom. The third-order valence-corrected chi connectivity index (χ3v) is 2.21. The van der Waals surface area contributed by atoms with E-state index in [4.69, 9.17) is 9.84 Å². The van der Waals surface area contributed by atoms with Crippen LogP contribution < -0.4 is 15.4 Å². The minimum absolute atomic E-state index is 0.153. The van der Waals surface area contributed by atoms with E-state index in [1.54, 1.807) is 18.2 Å². The Bertz CT molecular complexity index is 501. The van der Waals surface area contributed by atoms with Crippen LogP contribution in [0.2, 0.25) is 0 Å². The molecule has 0 heterocycles. The molecule has 1 aromatic rings. The number of hydrogen-bond acceptors (Lipinski definition) is 4. The smallest absolute Gasteiger partial charge is 0.341 e. The van der Waals surface area contributed by atoms with E-state index < -0.39 is 12.6 Å². The van der Waals surface area contributed by atoms with Crippen LogP contribution in [0.4, 0.5) is 5.69 Å². The molecule has 2 amide bonds. The van der Waals surface area contributed by atoms with Crippen LogP contribution in [-0.4, -0.2) is 36.0 Å². The summed E-state index contributed by atoms with van der Waals surface area (Å²) in [6, 6.07) is 6.42. The molecular weight excluding hydrogens is 264 g/mol. The lowest BCUT2D eigenvalue weighted by Crippen LogP contribution is -2.25. The number of carbonyl (C=O) groups is 3. The van der Waals surface area contributed by atoms with Crippen molar-refractivity contribution in [1.82, 2.24) is 5.32 Å². The van der Waals surface area contributed by atoms with E-state index in [9.17, 15) is 14.4 Å². The number of benzene rings is 1. The Hall–Kier alpha value is -2.57. The molecule has 7 heteroatoms. The van der Waals surface area contributed by atoms with Crippen LogP contribution in [-0.2, 0) is 14.4 Å². The quantitative estimate of drug-likeness (QED) is 0.679. The highest BCUT2D eigenvalue weighted by Crippen LogP contribution is 2.17. The molecule has 0 aliphatic heterocycles. The molecule has 20 heavy (non-hydrogen) atoms. The fourth-order valence-corrected chi connectivity index (χ4v) is 1.38. The highest BCUT2D eigenvalue weighted by Gasteiger charge is 2.04. The predicted octanol–water partition coefficient (Wildman–Crippen LogP) is 0.615. The fourth-order valence-electron chi connectivity index (χ4n) is 1.38. The number of carboxylic acids is 1. The molecule has 0 saturated heterocycles. The molecule has 7 nitrogen and oxygen atoms in total. The lowest BCUT2D eigenvalue weighted by Gasteiger charge is -2.08. The van der Waals surface area contributed by atoms with Gasteiger partial charge in [0.05, 0.1) is 0 Å². The Morgan fingerprint density at radius 3 is 2.70 bits per heavy atom. The van der Waals surface area contributed by atoms with Crippen molar-refractivity contribution in [1.29, 1.82) is 0 Å². The third-order valence-electron chi connectivity index (χ3n) is 2.21. The normalized spacial score (nSPS) is 9.65. The van der Waals surface area contributed by atoms with E-state index in [0.717, 1.165) is 0 Å². The molecule has 0 fully saturated rings. The predicted molar refractivity (Wildman–Crippen MR) is 71.5 cm³/mol. The molecule has 0 radical (unpaired) electrons. The zero-order valence-corrected chi connectivity index (χ0v) is 11.0. The van der Waals surface area contributed by atoms with Gasteiger partial charge in [-0.15, -0.1) is 0 Å². The third kappa shape index (κ3) is 6.39. The van der Waals surface area contributed by atoms with E-state index in [1.165, 1.54) is 13.0 Å². The summed E-state index contributed by atoms with van der Waals surface area (Å²) in [4.78, 5) is 32.6. The van der Waals surface area contributed by atoms with Crippen molar-refractivity contribution in [3.8, 4) is 5.75 Å². The first-order valence-electron chi connectivity index (χ1n) is 5.96. The van der Waals surface area contributed by atoms with Gasteiger partial charge < -0.3 is 20.5 Å². The van der Waals surface area contributed by atoms with Crippen LogP contribution in [0.25, 0.3) is 0 Å². The average molecular weight is 280 g/mol. The lowest BCUT2D eigenvalue weighted by molar-refractivity contribution is -0.139. The van der Waals surface area contributed by atoms with Gasteiger partial charge >= 0.3 is 5.97 Å². The maximum Gasteiger partial charge on any atom is 0.341 e. The number of anilines is 1. The van der Waals surface area contributed by atoms with Gasteiger partial charge in [-0.1, -0.05) is 6.07 Å². The number of carboxylic acid groups (broad SMARTS) is 1. The van der Waals surface area contributed by atoms with E-state index >= 15 is 0 Å². The first-order chi connectivity index (χ1) is 9.47. The molecular formula is C13H16N2O5. The highest BCUT2D eigenvalue weighted by molar-refractivity contribution is 5.91. The largest absolute Gasteiger partial charge is 0.482 e. The number of aliphatic carboxylic acids is 1. The van der Waals surface area contributed by atoms with Crippen LogP contribution in [0, 0.1) is 0 Å². The molecule has 0 atom stereocenters. The first-order valence-corrected chi connectivity index (χ1v) is 5.96. The van der Waals surface area contributed by atoms with E-state index in [-0.39, 0.29) is 24.8 Å². The Kier molecular flexibility index (Phi) is 6.02. The Morgan fingerprint density at radius 1 is 1.30 bits per heavy atom. The molecule has 0 spiro atoms. The van der Waals surface area contributed by atoms with Gasteiger partial charge in [-0.25, -0.2) is 4.79 Å². The molecule has 108 valence electrons. The maximum absolute atomic E-state index is 11.6. The van der Waals surface area contributed by atoms with Crippen molar-refractivity contribution in [3.05, 3.63) is 24.3 Å². The first kappa shape index (κ1) is 15.5. The maximum atomic E-state index is 11.6. The summed E-state index contributed by atoms with van der Waals surface area (Å²) >= 11 is 0. The monoisotopic (exact) mass is 280 g/mol. The van der Waals surface area contributed by atoms with Crippen molar-refractivity contribution in [2.75, 3.05) is 18.5 Å². The lowest BCUT2D eigenvalue weighted by atomic mass is 10.3. The molecule has 0 aliphatic rings. The van der Waals surface area contributed by atoms with Gasteiger partial charge in [-0.3, -0.25) is 9.59 Å². The van der Waals surface area contributed by atoms with Gasteiger partial charge in [0.2, 0.25) is 11.8 Å². The average Bonchev–Trinajstić information content (AvgIpc) is 2.36. The fraction of sp³-hybridized carbons (Fsp3) is 0.308. The number of amides is 2. The molecule has 3 N–H and O–H groups in total. The Labute approximate surface area is 115 Å². The zero-order chi connectivity index (χ0) is 15.0. The van der Waals surface area contributed by atoms with Gasteiger partial charge in [0.1, 0.15) is 5.75 Å². The van der Waals surface area contributed by atoms with Crippen molar-refractivity contribution in [3.63, 3.8) is 0 Å². The summed E-state index contributed by atoms with van der Waals surface area (Å²) < 4.78 is 4.99. The minimum Gasteiger partial charge on any atom is -0.482 e. The second-order valence-corrected chi connectivity index (χ2v) is 3.99. The van der Waals surface area contributed by atoms with Crippen LogP contribution in [0.1, 0.15) is 13.3 Å². The Balaban J connectivity index is 2.46. The van der Waals surface area contributed by atoms with Crippen LogP contribution in [0.15, 0.2) is 24.3 Å².